The van der Waals surface area contributed by atoms with Gasteiger partial charge < -0.3 is 15.8 Å². The summed E-state index contributed by atoms with van der Waals surface area (Å²) in [5.41, 5.74) is 9.64. The Labute approximate surface area is 123 Å². The van der Waals surface area contributed by atoms with Crippen LogP contribution in [0, 0.1) is 6.92 Å². The van der Waals surface area contributed by atoms with E-state index in [2.05, 4.69) is 10.4 Å². The second-order valence-electron chi connectivity index (χ2n) is 4.72. The van der Waals surface area contributed by atoms with Crippen molar-refractivity contribution in [3.8, 4) is 0 Å². The maximum atomic E-state index is 12.0. The number of rotatable bonds is 5. The highest BCUT2D eigenvalue weighted by Crippen LogP contribution is 2.25. The van der Waals surface area contributed by atoms with E-state index in [4.69, 9.17) is 10.5 Å². The molecular formula is C15H20N4O2. The van der Waals surface area contributed by atoms with E-state index < -0.39 is 0 Å². The minimum Gasteiger partial charge on any atom is -0.462 e. The molecule has 0 aliphatic rings. The number of aromatic nitrogens is 2. The molecule has 0 unspecified atom stereocenters. The standard InChI is InChI=1S/C15H20N4O2/c1-4-21-15(20)12-6-5-7-13(16)14(12)17-8-11-9-18-19(3)10(11)2/h5-7,9,17H,4,8,16H2,1-3H3. The van der Waals surface area contributed by atoms with Crippen LogP contribution in [0.25, 0.3) is 0 Å². The van der Waals surface area contributed by atoms with Crippen LogP contribution in [0.4, 0.5) is 11.4 Å². The van der Waals surface area contributed by atoms with Gasteiger partial charge in [-0.1, -0.05) is 6.07 Å². The van der Waals surface area contributed by atoms with Gasteiger partial charge in [0.05, 0.1) is 29.7 Å². The zero-order chi connectivity index (χ0) is 15.4. The largest absolute Gasteiger partial charge is 0.462 e. The van der Waals surface area contributed by atoms with Gasteiger partial charge in [-0.25, -0.2) is 4.79 Å². The van der Waals surface area contributed by atoms with Gasteiger partial charge in [0, 0.05) is 24.8 Å². The number of esters is 1. The summed E-state index contributed by atoms with van der Waals surface area (Å²) in [5, 5.41) is 7.40. The van der Waals surface area contributed by atoms with E-state index in [1.54, 1.807) is 36.0 Å². The van der Waals surface area contributed by atoms with Crippen molar-refractivity contribution in [1.82, 2.24) is 9.78 Å². The quantitative estimate of drug-likeness (QED) is 0.650. The van der Waals surface area contributed by atoms with E-state index in [1.165, 1.54) is 0 Å². The molecule has 1 aromatic carbocycles. The van der Waals surface area contributed by atoms with Crippen LogP contribution < -0.4 is 11.1 Å². The molecular weight excluding hydrogens is 268 g/mol. The monoisotopic (exact) mass is 288 g/mol. The Bertz CT molecular complexity index is 649. The molecule has 0 amide bonds. The molecule has 2 rings (SSSR count). The van der Waals surface area contributed by atoms with Gasteiger partial charge in [0.1, 0.15) is 0 Å². The predicted octanol–water partition coefficient (Wildman–Crippen LogP) is 2.10. The molecule has 0 spiro atoms. The van der Waals surface area contributed by atoms with Crippen LogP contribution in [0.15, 0.2) is 24.4 Å². The zero-order valence-electron chi connectivity index (χ0n) is 12.5. The van der Waals surface area contributed by atoms with Crippen molar-refractivity contribution in [3.05, 3.63) is 41.2 Å². The van der Waals surface area contributed by atoms with Crippen LogP contribution in [0.2, 0.25) is 0 Å². The number of carbonyl (C=O) groups is 1. The lowest BCUT2D eigenvalue weighted by molar-refractivity contribution is 0.0527. The molecule has 21 heavy (non-hydrogen) atoms. The van der Waals surface area contributed by atoms with Gasteiger partial charge in [0.15, 0.2) is 0 Å². The average molecular weight is 288 g/mol. The molecule has 1 aromatic heterocycles. The van der Waals surface area contributed by atoms with Crippen molar-refractivity contribution < 1.29 is 9.53 Å². The lowest BCUT2D eigenvalue weighted by atomic mass is 10.1. The molecule has 0 atom stereocenters. The maximum absolute atomic E-state index is 12.0. The minimum atomic E-state index is -0.379. The highest BCUT2D eigenvalue weighted by atomic mass is 16.5. The summed E-state index contributed by atoms with van der Waals surface area (Å²) in [6, 6.07) is 5.19. The Morgan fingerprint density at radius 3 is 2.86 bits per heavy atom. The molecule has 0 aliphatic carbocycles. The third-order valence-electron chi connectivity index (χ3n) is 3.38. The summed E-state index contributed by atoms with van der Waals surface area (Å²) < 4.78 is 6.86. The van der Waals surface area contributed by atoms with E-state index >= 15 is 0 Å². The lowest BCUT2D eigenvalue weighted by Gasteiger charge is -2.13. The SMILES string of the molecule is CCOC(=O)c1cccc(N)c1NCc1cnn(C)c1C. The summed E-state index contributed by atoms with van der Waals surface area (Å²) in [4.78, 5) is 12.0. The van der Waals surface area contributed by atoms with E-state index in [1.807, 2.05) is 14.0 Å². The van der Waals surface area contributed by atoms with E-state index in [0.717, 1.165) is 11.3 Å². The second-order valence-corrected chi connectivity index (χ2v) is 4.72. The number of hydrogen-bond acceptors (Lipinski definition) is 5. The lowest BCUT2D eigenvalue weighted by Crippen LogP contribution is -2.12. The molecule has 0 fully saturated rings. The number of aryl methyl sites for hydroxylation is 1. The van der Waals surface area contributed by atoms with Crippen molar-refractivity contribution >= 4 is 17.3 Å². The highest BCUT2D eigenvalue weighted by Gasteiger charge is 2.15. The van der Waals surface area contributed by atoms with Gasteiger partial charge in [-0.2, -0.15) is 5.10 Å². The van der Waals surface area contributed by atoms with Crippen LogP contribution in [0.1, 0.15) is 28.5 Å². The van der Waals surface area contributed by atoms with Crippen molar-refractivity contribution in [2.24, 2.45) is 7.05 Å². The first kappa shape index (κ1) is 14.9. The normalized spacial score (nSPS) is 10.4. The number of ether oxygens (including phenoxy) is 1. The second kappa shape index (κ2) is 6.30. The first-order valence-corrected chi connectivity index (χ1v) is 6.81. The van der Waals surface area contributed by atoms with Crippen LogP contribution in [0.3, 0.4) is 0 Å². The fourth-order valence-electron chi connectivity index (χ4n) is 2.05. The zero-order valence-corrected chi connectivity index (χ0v) is 12.5. The number of nitrogens with one attached hydrogen (secondary N) is 1. The van der Waals surface area contributed by atoms with Crippen molar-refractivity contribution in [2.45, 2.75) is 20.4 Å². The number of anilines is 2. The molecule has 112 valence electrons. The van der Waals surface area contributed by atoms with Crippen molar-refractivity contribution in [2.75, 3.05) is 17.7 Å². The van der Waals surface area contributed by atoms with Crippen LogP contribution in [-0.4, -0.2) is 22.4 Å². The molecule has 1 heterocycles. The van der Waals surface area contributed by atoms with Gasteiger partial charge in [-0.3, -0.25) is 4.68 Å². The van der Waals surface area contributed by atoms with Crippen molar-refractivity contribution in [1.29, 1.82) is 0 Å². The van der Waals surface area contributed by atoms with E-state index in [9.17, 15) is 4.79 Å². The topological polar surface area (TPSA) is 82.2 Å². The van der Waals surface area contributed by atoms with Gasteiger partial charge in [-0.05, 0) is 26.0 Å². The van der Waals surface area contributed by atoms with Gasteiger partial charge in [0.25, 0.3) is 0 Å². The van der Waals surface area contributed by atoms with Crippen molar-refractivity contribution in [3.63, 3.8) is 0 Å². The fourth-order valence-corrected chi connectivity index (χ4v) is 2.05. The number of nitrogens with two attached hydrogens (primary N) is 1. The number of carbonyl (C=O) groups excluding carboxylic acids is 1. The summed E-state index contributed by atoms with van der Waals surface area (Å²) >= 11 is 0. The van der Waals surface area contributed by atoms with Crippen LogP contribution >= 0.6 is 0 Å². The van der Waals surface area contributed by atoms with Gasteiger partial charge in [0.2, 0.25) is 0 Å². The summed E-state index contributed by atoms with van der Waals surface area (Å²) in [6.45, 7) is 4.63. The first-order valence-electron chi connectivity index (χ1n) is 6.81. The third kappa shape index (κ3) is 3.16. The number of para-hydroxylation sites is 1. The van der Waals surface area contributed by atoms with E-state index in [0.29, 0.717) is 30.1 Å². The Hall–Kier alpha value is -2.50. The average Bonchev–Trinajstić information content (AvgIpc) is 2.77. The summed E-state index contributed by atoms with van der Waals surface area (Å²) in [7, 11) is 1.89. The molecule has 6 heteroatoms. The number of nitrogen functional groups attached to an aromatic ring is 1. The molecule has 6 nitrogen and oxygen atoms in total. The fraction of sp³-hybridized carbons (Fsp3) is 0.333. The molecule has 0 bridgehead atoms. The third-order valence-corrected chi connectivity index (χ3v) is 3.38. The van der Waals surface area contributed by atoms with E-state index in [-0.39, 0.29) is 5.97 Å². The first-order chi connectivity index (χ1) is 10.0. The molecule has 2 aromatic rings. The van der Waals surface area contributed by atoms with Gasteiger partial charge in [-0.15, -0.1) is 0 Å². The summed E-state index contributed by atoms with van der Waals surface area (Å²) in [6.07, 6.45) is 1.80. The Morgan fingerprint density at radius 1 is 1.48 bits per heavy atom. The molecule has 0 aliphatic heterocycles. The smallest absolute Gasteiger partial charge is 0.340 e. The number of nitrogens with zero attached hydrogens (tertiary/aromatic N) is 2. The molecule has 0 saturated heterocycles. The summed E-state index contributed by atoms with van der Waals surface area (Å²) in [5.74, 6) is -0.379. The molecule has 3 N–H and O–H groups in total. The minimum absolute atomic E-state index is 0.328. The number of benzene rings is 1. The van der Waals surface area contributed by atoms with Crippen LogP contribution in [-0.2, 0) is 18.3 Å². The molecule has 0 radical (unpaired) electrons. The Kier molecular flexibility index (Phi) is 4.47. The predicted molar refractivity (Wildman–Crippen MR) is 82.1 cm³/mol. The van der Waals surface area contributed by atoms with Gasteiger partial charge >= 0.3 is 5.97 Å². The molecule has 0 saturated carbocycles. The highest BCUT2D eigenvalue weighted by molar-refractivity contribution is 5.98. The Balaban J connectivity index is 2.23. The number of hydrogen-bond donors (Lipinski definition) is 2. The Morgan fingerprint density at radius 2 is 2.24 bits per heavy atom. The van der Waals surface area contributed by atoms with Crippen LogP contribution in [0.5, 0.6) is 0 Å². The maximum Gasteiger partial charge on any atom is 0.340 e.